The summed E-state index contributed by atoms with van der Waals surface area (Å²) in [5.74, 6) is 0.788. The van der Waals surface area contributed by atoms with Gasteiger partial charge in [0.1, 0.15) is 18.1 Å². The summed E-state index contributed by atoms with van der Waals surface area (Å²) in [7, 11) is 1.92. The Morgan fingerprint density at radius 3 is 2.36 bits per heavy atom. The van der Waals surface area contributed by atoms with Gasteiger partial charge < -0.3 is 14.0 Å². The van der Waals surface area contributed by atoms with Gasteiger partial charge in [-0.1, -0.05) is 30.3 Å². The van der Waals surface area contributed by atoms with Crippen LogP contribution < -0.4 is 9.47 Å². The monoisotopic (exact) mass is 333 g/mol. The van der Waals surface area contributed by atoms with E-state index in [1.807, 2.05) is 60.3 Å². The Kier molecular flexibility index (Phi) is 5.32. The van der Waals surface area contributed by atoms with E-state index in [1.165, 1.54) is 6.08 Å². The minimum absolute atomic E-state index is 0.417. The predicted octanol–water partition coefficient (Wildman–Crippen LogP) is 4.22. The molecular weight excluding hydrogens is 314 g/mol. The van der Waals surface area contributed by atoms with Gasteiger partial charge in [-0.2, -0.15) is 0 Å². The van der Waals surface area contributed by atoms with Crippen LogP contribution >= 0.6 is 0 Å². The number of nitrogens with zero attached hydrogens (tertiary/aromatic N) is 1. The highest BCUT2D eigenvalue weighted by molar-refractivity contribution is 5.88. The van der Waals surface area contributed by atoms with Crippen LogP contribution in [0.2, 0.25) is 0 Å². The van der Waals surface area contributed by atoms with E-state index < -0.39 is 5.97 Å². The van der Waals surface area contributed by atoms with Gasteiger partial charge in [0.05, 0.1) is 0 Å². The fraction of sp³-hybridized carbons (Fsp3) is 0.0952. The lowest BCUT2D eigenvalue weighted by Gasteiger charge is -2.07. The lowest BCUT2D eigenvalue weighted by Crippen LogP contribution is -2.04. The molecule has 0 spiro atoms. The topological polar surface area (TPSA) is 40.5 Å². The molecule has 4 nitrogen and oxygen atoms in total. The van der Waals surface area contributed by atoms with Crippen LogP contribution in [0.4, 0.5) is 0 Å². The molecule has 0 saturated heterocycles. The summed E-state index contributed by atoms with van der Waals surface area (Å²) in [5, 5.41) is 0. The summed E-state index contributed by atoms with van der Waals surface area (Å²) in [6.07, 6.45) is 5.05. The summed E-state index contributed by atoms with van der Waals surface area (Å²) < 4.78 is 12.9. The van der Waals surface area contributed by atoms with Crippen molar-refractivity contribution in [2.45, 2.75) is 6.61 Å². The second-order valence-electron chi connectivity index (χ2n) is 5.54. The highest BCUT2D eigenvalue weighted by Gasteiger charge is 2.02. The fourth-order valence-electron chi connectivity index (χ4n) is 2.30. The smallest absolute Gasteiger partial charge is 0.336 e. The average molecular weight is 333 g/mol. The number of esters is 1. The van der Waals surface area contributed by atoms with Crippen molar-refractivity contribution in [2.24, 2.45) is 7.05 Å². The largest absolute Gasteiger partial charge is 0.489 e. The van der Waals surface area contributed by atoms with Gasteiger partial charge in [0.2, 0.25) is 0 Å². The standard InChI is InChI=1S/C21H19NO3/c1-22-15-5-8-18(22)9-14-21(23)25-20-12-10-19(11-13-20)24-16-17-6-3-2-4-7-17/h2-15H,16H2,1H3/b14-9+. The van der Waals surface area contributed by atoms with E-state index in [-0.39, 0.29) is 0 Å². The number of aryl methyl sites for hydroxylation is 1. The second-order valence-corrected chi connectivity index (χ2v) is 5.54. The van der Waals surface area contributed by atoms with Gasteiger partial charge in [0.25, 0.3) is 0 Å². The molecule has 0 amide bonds. The molecule has 1 heterocycles. The van der Waals surface area contributed by atoms with Crippen molar-refractivity contribution in [1.29, 1.82) is 0 Å². The second kappa shape index (κ2) is 8.02. The molecule has 1 aromatic heterocycles. The molecule has 0 radical (unpaired) electrons. The van der Waals surface area contributed by atoms with Crippen molar-refractivity contribution in [3.8, 4) is 11.5 Å². The van der Waals surface area contributed by atoms with Crippen molar-refractivity contribution in [1.82, 2.24) is 4.57 Å². The highest BCUT2D eigenvalue weighted by Crippen LogP contribution is 2.19. The first-order chi connectivity index (χ1) is 12.2. The number of hydrogen-bond acceptors (Lipinski definition) is 3. The SMILES string of the molecule is Cn1cccc1/C=C/C(=O)Oc1ccc(OCc2ccccc2)cc1. The fourth-order valence-corrected chi connectivity index (χ4v) is 2.30. The van der Waals surface area contributed by atoms with Crippen molar-refractivity contribution in [3.63, 3.8) is 0 Å². The molecule has 126 valence electrons. The quantitative estimate of drug-likeness (QED) is 0.385. The first kappa shape index (κ1) is 16.6. The molecule has 3 aromatic rings. The summed E-state index contributed by atoms with van der Waals surface area (Å²) in [4.78, 5) is 11.9. The number of rotatable bonds is 6. The summed E-state index contributed by atoms with van der Waals surface area (Å²) >= 11 is 0. The van der Waals surface area contributed by atoms with E-state index in [4.69, 9.17) is 9.47 Å². The van der Waals surface area contributed by atoms with E-state index in [1.54, 1.807) is 30.3 Å². The predicted molar refractivity (Wildman–Crippen MR) is 97.3 cm³/mol. The number of benzene rings is 2. The summed E-state index contributed by atoms with van der Waals surface area (Å²) in [5.41, 5.74) is 2.03. The van der Waals surface area contributed by atoms with E-state index in [9.17, 15) is 4.79 Å². The molecule has 0 aliphatic rings. The van der Waals surface area contributed by atoms with Gasteiger partial charge in [-0.3, -0.25) is 0 Å². The Morgan fingerprint density at radius 1 is 0.960 bits per heavy atom. The van der Waals surface area contributed by atoms with Crippen molar-refractivity contribution < 1.29 is 14.3 Å². The van der Waals surface area contributed by atoms with Crippen molar-refractivity contribution in [3.05, 3.63) is 90.3 Å². The van der Waals surface area contributed by atoms with Gasteiger partial charge in [-0.05, 0) is 48.0 Å². The number of carbonyl (C=O) groups is 1. The van der Waals surface area contributed by atoms with Crippen LogP contribution in [-0.2, 0) is 18.4 Å². The van der Waals surface area contributed by atoms with Gasteiger partial charge in [-0.25, -0.2) is 4.79 Å². The lowest BCUT2D eigenvalue weighted by atomic mass is 10.2. The molecule has 3 rings (SSSR count). The molecule has 0 aliphatic heterocycles. The van der Waals surface area contributed by atoms with Crippen LogP contribution in [-0.4, -0.2) is 10.5 Å². The molecule has 2 aromatic carbocycles. The van der Waals surface area contributed by atoms with E-state index in [2.05, 4.69) is 0 Å². The number of ether oxygens (including phenoxy) is 2. The van der Waals surface area contributed by atoms with Crippen LogP contribution in [0.3, 0.4) is 0 Å². The zero-order valence-corrected chi connectivity index (χ0v) is 14.0. The third-order valence-electron chi connectivity index (χ3n) is 3.66. The highest BCUT2D eigenvalue weighted by atomic mass is 16.5. The third kappa shape index (κ3) is 4.85. The molecule has 0 saturated carbocycles. The molecule has 25 heavy (non-hydrogen) atoms. The normalized spacial score (nSPS) is 10.8. The zero-order valence-electron chi connectivity index (χ0n) is 14.0. The molecule has 4 heteroatoms. The van der Waals surface area contributed by atoms with Gasteiger partial charge in [-0.15, -0.1) is 0 Å². The first-order valence-electron chi connectivity index (χ1n) is 7.99. The van der Waals surface area contributed by atoms with E-state index in [0.29, 0.717) is 12.4 Å². The summed E-state index contributed by atoms with van der Waals surface area (Å²) in [6.45, 7) is 0.499. The Morgan fingerprint density at radius 2 is 1.68 bits per heavy atom. The maximum absolute atomic E-state index is 11.9. The van der Waals surface area contributed by atoms with Gasteiger partial charge >= 0.3 is 5.97 Å². The van der Waals surface area contributed by atoms with E-state index in [0.717, 1.165) is 17.0 Å². The Labute approximate surface area is 146 Å². The van der Waals surface area contributed by atoms with Crippen LogP contribution in [0, 0.1) is 0 Å². The molecule has 0 aliphatic carbocycles. The number of carbonyl (C=O) groups excluding carboxylic acids is 1. The van der Waals surface area contributed by atoms with Crippen molar-refractivity contribution in [2.75, 3.05) is 0 Å². The maximum atomic E-state index is 11.9. The Bertz CT molecular complexity index is 848. The van der Waals surface area contributed by atoms with Gasteiger partial charge in [0.15, 0.2) is 0 Å². The molecule has 0 N–H and O–H groups in total. The minimum Gasteiger partial charge on any atom is -0.489 e. The molecular formula is C21H19NO3. The van der Waals surface area contributed by atoms with Crippen molar-refractivity contribution >= 4 is 12.0 Å². The van der Waals surface area contributed by atoms with Crippen LogP contribution in [0.1, 0.15) is 11.3 Å². The molecule has 0 fully saturated rings. The van der Waals surface area contributed by atoms with Crippen LogP contribution in [0.25, 0.3) is 6.08 Å². The minimum atomic E-state index is -0.417. The summed E-state index contributed by atoms with van der Waals surface area (Å²) in [6, 6.07) is 20.8. The first-order valence-corrected chi connectivity index (χ1v) is 7.99. The Hall–Kier alpha value is -3.27. The maximum Gasteiger partial charge on any atom is 0.336 e. The number of hydrogen-bond donors (Lipinski definition) is 0. The van der Waals surface area contributed by atoms with Crippen LogP contribution in [0.5, 0.6) is 11.5 Å². The third-order valence-corrected chi connectivity index (χ3v) is 3.66. The molecule has 0 atom stereocenters. The average Bonchev–Trinajstić information content (AvgIpc) is 3.05. The van der Waals surface area contributed by atoms with Crippen LogP contribution in [0.15, 0.2) is 79.0 Å². The lowest BCUT2D eigenvalue weighted by molar-refractivity contribution is -0.128. The van der Waals surface area contributed by atoms with E-state index >= 15 is 0 Å². The zero-order chi connectivity index (χ0) is 17.5. The molecule has 0 unspecified atom stereocenters. The molecule has 0 bridgehead atoms. The van der Waals surface area contributed by atoms with Gasteiger partial charge in [0, 0.05) is 25.0 Å². The Balaban J connectivity index is 1.52. The number of aromatic nitrogens is 1.